The highest BCUT2D eigenvalue weighted by atomic mass is 16.5. The smallest absolute Gasteiger partial charge is 0.321 e. The van der Waals surface area contributed by atoms with Crippen LogP contribution >= 0.6 is 0 Å². The molecule has 0 fully saturated rings. The lowest BCUT2D eigenvalue weighted by Gasteiger charge is -2.25. The molecule has 2 rings (SSSR count). The van der Waals surface area contributed by atoms with Crippen LogP contribution in [0.1, 0.15) is 25.0 Å². The van der Waals surface area contributed by atoms with Crippen LogP contribution in [0.25, 0.3) is 0 Å². The number of anilines is 1. The molecule has 5 heteroatoms. The summed E-state index contributed by atoms with van der Waals surface area (Å²) in [6.07, 6.45) is 0. The molecular formula is C20H26N2O3. The summed E-state index contributed by atoms with van der Waals surface area (Å²) in [6.45, 7) is 4.68. The Morgan fingerprint density at radius 3 is 2.16 bits per heavy atom. The maximum Gasteiger partial charge on any atom is 0.321 e. The van der Waals surface area contributed by atoms with Gasteiger partial charge in [0, 0.05) is 12.7 Å². The average Bonchev–Trinajstić information content (AvgIpc) is 2.56. The van der Waals surface area contributed by atoms with E-state index in [4.69, 9.17) is 4.74 Å². The van der Waals surface area contributed by atoms with Crippen LogP contribution in [-0.4, -0.2) is 35.2 Å². The predicted octanol–water partition coefficient (Wildman–Crippen LogP) is 3.64. The van der Waals surface area contributed by atoms with E-state index in [1.165, 1.54) is 4.90 Å². The SMILES string of the molecule is CN(CC(C)(C)O)C(=O)Nc1ccc(COCc2ccccc2)cc1. The average molecular weight is 342 g/mol. The standard InChI is InChI=1S/C20H26N2O3/c1-20(2,24)15-22(3)19(23)21-18-11-9-17(10-12-18)14-25-13-16-7-5-4-6-8-16/h4-12,24H,13-15H2,1-3H3,(H,21,23). The fourth-order valence-corrected chi connectivity index (χ4v) is 2.42. The summed E-state index contributed by atoms with van der Waals surface area (Å²) in [5.74, 6) is 0. The highest BCUT2D eigenvalue weighted by Gasteiger charge is 2.19. The molecule has 0 spiro atoms. The number of rotatable bonds is 7. The molecule has 5 nitrogen and oxygen atoms in total. The number of likely N-dealkylation sites (N-methyl/N-ethyl adjacent to an activating group) is 1. The molecule has 0 aliphatic rings. The predicted molar refractivity (Wildman–Crippen MR) is 99.3 cm³/mol. The Hall–Kier alpha value is -2.37. The van der Waals surface area contributed by atoms with E-state index < -0.39 is 5.60 Å². The van der Waals surface area contributed by atoms with Gasteiger partial charge in [0.2, 0.25) is 0 Å². The second-order valence-corrected chi connectivity index (χ2v) is 6.77. The minimum Gasteiger partial charge on any atom is -0.389 e. The van der Waals surface area contributed by atoms with Crippen LogP contribution in [0, 0.1) is 0 Å². The van der Waals surface area contributed by atoms with Gasteiger partial charge in [-0.2, -0.15) is 0 Å². The molecule has 0 bridgehead atoms. The van der Waals surface area contributed by atoms with E-state index >= 15 is 0 Å². The van der Waals surface area contributed by atoms with Crippen molar-refractivity contribution in [3.63, 3.8) is 0 Å². The third-order valence-electron chi connectivity index (χ3n) is 3.56. The number of urea groups is 1. The van der Waals surface area contributed by atoms with Gasteiger partial charge in [-0.05, 0) is 37.1 Å². The van der Waals surface area contributed by atoms with E-state index in [2.05, 4.69) is 5.32 Å². The van der Waals surface area contributed by atoms with Crippen molar-refractivity contribution in [3.05, 3.63) is 65.7 Å². The van der Waals surface area contributed by atoms with Crippen molar-refractivity contribution in [2.75, 3.05) is 18.9 Å². The van der Waals surface area contributed by atoms with E-state index in [0.29, 0.717) is 18.9 Å². The largest absolute Gasteiger partial charge is 0.389 e. The number of amides is 2. The van der Waals surface area contributed by atoms with Gasteiger partial charge in [-0.25, -0.2) is 4.79 Å². The minimum absolute atomic E-state index is 0.254. The summed E-state index contributed by atoms with van der Waals surface area (Å²) in [5, 5.41) is 12.6. The first kappa shape index (κ1) is 19.0. The van der Waals surface area contributed by atoms with Crippen molar-refractivity contribution < 1.29 is 14.6 Å². The van der Waals surface area contributed by atoms with Crippen LogP contribution in [-0.2, 0) is 18.0 Å². The maximum absolute atomic E-state index is 12.1. The molecule has 0 unspecified atom stereocenters. The van der Waals surface area contributed by atoms with Crippen LogP contribution in [0.5, 0.6) is 0 Å². The summed E-state index contributed by atoms with van der Waals surface area (Å²) in [4.78, 5) is 13.5. The Morgan fingerprint density at radius 2 is 1.60 bits per heavy atom. The molecule has 0 saturated heterocycles. The molecule has 0 heterocycles. The Kier molecular flexibility index (Phi) is 6.56. The second-order valence-electron chi connectivity index (χ2n) is 6.77. The minimum atomic E-state index is -0.925. The third-order valence-corrected chi connectivity index (χ3v) is 3.56. The van der Waals surface area contributed by atoms with E-state index in [1.807, 2.05) is 54.6 Å². The van der Waals surface area contributed by atoms with Gasteiger partial charge < -0.3 is 20.1 Å². The van der Waals surface area contributed by atoms with Gasteiger partial charge in [0.15, 0.2) is 0 Å². The number of carbonyl (C=O) groups excluding carboxylic acids is 1. The topological polar surface area (TPSA) is 61.8 Å². The van der Waals surface area contributed by atoms with E-state index in [-0.39, 0.29) is 12.6 Å². The monoisotopic (exact) mass is 342 g/mol. The lowest BCUT2D eigenvalue weighted by molar-refractivity contribution is 0.0550. The molecule has 2 aromatic rings. The summed E-state index contributed by atoms with van der Waals surface area (Å²) < 4.78 is 5.70. The van der Waals surface area contributed by atoms with Crippen molar-refractivity contribution in [2.24, 2.45) is 0 Å². The van der Waals surface area contributed by atoms with Gasteiger partial charge in [0.1, 0.15) is 0 Å². The molecule has 2 amide bonds. The fourth-order valence-electron chi connectivity index (χ4n) is 2.42. The first-order chi connectivity index (χ1) is 11.8. The van der Waals surface area contributed by atoms with Crippen molar-refractivity contribution in [3.8, 4) is 0 Å². The molecule has 2 aromatic carbocycles. The number of nitrogens with zero attached hydrogens (tertiary/aromatic N) is 1. The van der Waals surface area contributed by atoms with Gasteiger partial charge in [-0.3, -0.25) is 0 Å². The van der Waals surface area contributed by atoms with Crippen molar-refractivity contribution in [1.82, 2.24) is 4.90 Å². The van der Waals surface area contributed by atoms with E-state index in [0.717, 1.165) is 11.1 Å². The van der Waals surface area contributed by atoms with Gasteiger partial charge >= 0.3 is 6.03 Å². The van der Waals surface area contributed by atoms with E-state index in [1.54, 1.807) is 20.9 Å². The van der Waals surface area contributed by atoms with Crippen LogP contribution < -0.4 is 5.32 Å². The molecule has 25 heavy (non-hydrogen) atoms. The van der Waals surface area contributed by atoms with Crippen LogP contribution in [0.15, 0.2) is 54.6 Å². The number of nitrogens with one attached hydrogen (secondary N) is 1. The summed E-state index contributed by atoms with van der Waals surface area (Å²) in [6, 6.07) is 17.3. The third kappa shape index (κ3) is 6.95. The lowest BCUT2D eigenvalue weighted by atomic mass is 10.1. The molecule has 0 atom stereocenters. The zero-order chi connectivity index (χ0) is 18.3. The van der Waals surface area contributed by atoms with Crippen LogP contribution in [0.2, 0.25) is 0 Å². The molecule has 0 saturated carbocycles. The number of carbonyl (C=O) groups is 1. The van der Waals surface area contributed by atoms with Gasteiger partial charge in [-0.15, -0.1) is 0 Å². The molecule has 2 N–H and O–H groups in total. The summed E-state index contributed by atoms with van der Waals surface area (Å²) in [5.41, 5.74) is 1.96. The molecule has 0 aliphatic heterocycles. The Morgan fingerprint density at radius 1 is 1.04 bits per heavy atom. The normalized spacial score (nSPS) is 11.2. The number of benzene rings is 2. The molecule has 134 valence electrons. The zero-order valence-electron chi connectivity index (χ0n) is 15.0. The molecule has 0 aromatic heterocycles. The Bertz CT molecular complexity index is 664. The first-order valence-corrected chi connectivity index (χ1v) is 8.28. The summed E-state index contributed by atoms with van der Waals surface area (Å²) >= 11 is 0. The van der Waals surface area contributed by atoms with E-state index in [9.17, 15) is 9.90 Å². The Labute approximate surface area is 149 Å². The lowest BCUT2D eigenvalue weighted by Crippen LogP contribution is -2.41. The summed E-state index contributed by atoms with van der Waals surface area (Å²) in [7, 11) is 1.65. The van der Waals surface area contributed by atoms with Crippen LogP contribution in [0.3, 0.4) is 0 Å². The number of ether oxygens (including phenoxy) is 1. The highest BCUT2D eigenvalue weighted by Crippen LogP contribution is 2.13. The maximum atomic E-state index is 12.1. The van der Waals surface area contributed by atoms with Gasteiger partial charge in [0.05, 0.1) is 25.4 Å². The fraction of sp³-hybridized carbons (Fsp3) is 0.350. The highest BCUT2D eigenvalue weighted by molar-refractivity contribution is 5.89. The quantitative estimate of drug-likeness (QED) is 0.807. The first-order valence-electron chi connectivity index (χ1n) is 8.28. The second kappa shape index (κ2) is 8.65. The number of aliphatic hydroxyl groups is 1. The van der Waals surface area contributed by atoms with Gasteiger partial charge in [-0.1, -0.05) is 42.5 Å². The molecule has 0 aliphatic carbocycles. The Balaban J connectivity index is 1.80. The molecular weight excluding hydrogens is 316 g/mol. The van der Waals surface area contributed by atoms with Crippen molar-refractivity contribution in [2.45, 2.75) is 32.7 Å². The van der Waals surface area contributed by atoms with Crippen molar-refractivity contribution in [1.29, 1.82) is 0 Å². The van der Waals surface area contributed by atoms with Gasteiger partial charge in [0.25, 0.3) is 0 Å². The zero-order valence-corrected chi connectivity index (χ0v) is 15.0. The number of hydrogen-bond acceptors (Lipinski definition) is 3. The van der Waals surface area contributed by atoms with Crippen molar-refractivity contribution >= 4 is 11.7 Å². The number of hydrogen-bond donors (Lipinski definition) is 2. The van der Waals surface area contributed by atoms with Crippen LogP contribution in [0.4, 0.5) is 10.5 Å². The molecule has 0 radical (unpaired) electrons.